The molecule has 32 heavy (non-hydrogen) atoms. The first-order chi connectivity index (χ1) is 15.3. The summed E-state index contributed by atoms with van der Waals surface area (Å²) in [4.78, 5) is 2.64. The van der Waals surface area contributed by atoms with Gasteiger partial charge in [0.2, 0.25) is 0 Å². The minimum Gasteiger partial charge on any atom is -0.396 e. The fourth-order valence-electron chi connectivity index (χ4n) is 2.41. The van der Waals surface area contributed by atoms with Gasteiger partial charge in [-0.3, -0.25) is 0 Å². The lowest BCUT2D eigenvalue weighted by atomic mass is 10.2. The number of ether oxygens (including phenoxy) is 2. The van der Waals surface area contributed by atoms with Crippen LogP contribution in [0.3, 0.4) is 0 Å². The van der Waals surface area contributed by atoms with Gasteiger partial charge >= 0.3 is 0 Å². The van der Waals surface area contributed by atoms with Gasteiger partial charge in [-0.05, 0) is 72.5 Å². The monoisotopic (exact) mass is 467 g/mol. The van der Waals surface area contributed by atoms with Crippen molar-refractivity contribution in [3.8, 4) is 0 Å². The third-order valence-corrected chi connectivity index (χ3v) is 4.54. The molecule has 0 heterocycles. The first-order valence-electron chi connectivity index (χ1n) is 12.8. The minimum absolute atomic E-state index is 0.0170. The van der Waals surface area contributed by atoms with Crippen LogP contribution in [0.15, 0.2) is 0 Å². The van der Waals surface area contributed by atoms with Crippen molar-refractivity contribution >= 4 is 0 Å². The standard InChI is InChI=1S/C12H27N.C9H20O4.C4H10O2/c1-4-7-10-13(11-8-5-2)12-9-6-3;1-7(11)5-12-9(3)6-13-8(2)4-10;5-3-1-2-4-6/h4-12H2,1-3H3;7-11H,4-6H2,1-3H3;5-6H,1-4H2. The number of nitrogens with zero attached hydrogens (tertiary/aromatic N) is 1. The Morgan fingerprint density at radius 3 is 1.34 bits per heavy atom. The summed E-state index contributed by atoms with van der Waals surface area (Å²) in [7, 11) is 0. The van der Waals surface area contributed by atoms with E-state index in [-0.39, 0.29) is 32.0 Å². The molecule has 0 aromatic carbocycles. The molecule has 0 radical (unpaired) electrons. The van der Waals surface area contributed by atoms with Gasteiger partial charge in [-0.2, -0.15) is 0 Å². The van der Waals surface area contributed by atoms with Crippen molar-refractivity contribution in [2.75, 3.05) is 52.7 Å². The van der Waals surface area contributed by atoms with Crippen LogP contribution in [0.5, 0.6) is 0 Å². The Labute approximate surface area is 199 Å². The zero-order valence-electron chi connectivity index (χ0n) is 22.1. The van der Waals surface area contributed by atoms with Crippen LogP contribution >= 0.6 is 0 Å². The summed E-state index contributed by atoms with van der Waals surface area (Å²) in [6.45, 7) is 17.3. The Morgan fingerprint density at radius 2 is 1.03 bits per heavy atom. The molecule has 7 heteroatoms. The van der Waals surface area contributed by atoms with E-state index < -0.39 is 6.10 Å². The normalized spacial score (nSPS) is 13.6. The van der Waals surface area contributed by atoms with Crippen LogP contribution in [0, 0.1) is 0 Å². The summed E-state index contributed by atoms with van der Waals surface area (Å²) < 4.78 is 10.5. The summed E-state index contributed by atoms with van der Waals surface area (Å²) in [6.07, 6.45) is 8.87. The van der Waals surface area contributed by atoms with E-state index in [0.717, 1.165) is 12.8 Å². The molecular weight excluding hydrogens is 410 g/mol. The number of aliphatic hydroxyl groups excluding tert-OH is 4. The lowest BCUT2D eigenvalue weighted by Gasteiger charge is -2.21. The smallest absolute Gasteiger partial charge is 0.0781 e. The SMILES string of the molecule is CC(O)COC(C)COC(C)CO.CCCCN(CCCC)CCCC.OCCCCO. The minimum atomic E-state index is -0.447. The van der Waals surface area contributed by atoms with Gasteiger partial charge in [0.25, 0.3) is 0 Å². The van der Waals surface area contributed by atoms with Crippen molar-refractivity contribution in [2.45, 2.75) is 111 Å². The predicted molar refractivity (Wildman–Crippen MR) is 134 cm³/mol. The molecule has 0 aliphatic heterocycles. The molecule has 0 aromatic heterocycles. The van der Waals surface area contributed by atoms with Gasteiger partial charge in [-0.25, -0.2) is 0 Å². The number of unbranched alkanes of at least 4 members (excludes halogenated alkanes) is 4. The highest BCUT2D eigenvalue weighted by Gasteiger charge is 2.07. The van der Waals surface area contributed by atoms with Crippen molar-refractivity contribution in [3.63, 3.8) is 0 Å². The van der Waals surface area contributed by atoms with Gasteiger partial charge in [0.15, 0.2) is 0 Å². The summed E-state index contributed by atoms with van der Waals surface area (Å²) in [5.74, 6) is 0. The average molecular weight is 468 g/mol. The molecule has 7 nitrogen and oxygen atoms in total. The van der Waals surface area contributed by atoms with E-state index in [1.54, 1.807) is 13.8 Å². The molecule has 0 spiro atoms. The van der Waals surface area contributed by atoms with E-state index in [1.165, 1.54) is 58.2 Å². The summed E-state index contributed by atoms with van der Waals surface area (Å²) >= 11 is 0. The summed E-state index contributed by atoms with van der Waals surface area (Å²) in [6, 6.07) is 0. The van der Waals surface area contributed by atoms with Gasteiger partial charge < -0.3 is 34.8 Å². The molecule has 0 aliphatic carbocycles. The first kappa shape index (κ1) is 36.3. The maximum Gasteiger partial charge on any atom is 0.0781 e. The molecule has 0 saturated heterocycles. The van der Waals surface area contributed by atoms with Crippen molar-refractivity contribution in [1.29, 1.82) is 0 Å². The fraction of sp³-hybridized carbons (Fsp3) is 1.00. The van der Waals surface area contributed by atoms with Crippen LogP contribution in [0.4, 0.5) is 0 Å². The van der Waals surface area contributed by atoms with Crippen LogP contribution in [0.25, 0.3) is 0 Å². The molecule has 0 aromatic rings. The molecule has 0 fully saturated rings. The Bertz CT molecular complexity index is 298. The van der Waals surface area contributed by atoms with E-state index in [0.29, 0.717) is 13.2 Å². The molecular formula is C25H57NO6. The van der Waals surface area contributed by atoms with Crippen LogP contribution in [0.2, 0.25) is 0 Å². The molecule has 0 rings (SSSR count). The van der Waals surface area contributed by atoms with Crippen LogP contribution in [-0.2, 0) is 9.47 Å². The molecule has 0 amide bonds. The zero-order valence-corrected chi connectivity index (χ0v) is 22.1. The molecule has 3 atom stereocenters. The second-order valence-corrected chi connectivity index (χ2v) is 8.38. The van der Waals surface area contributed by atoms with Gasteiger partial charge in [0, 0.05) is 13.2 Å². The fourth-order valence-corrected chi connectivity index (χ4v) is 2.41. The summed E-state index contributed by atoms with van der Waals surface area (Å²) in [5.41, 5.74) is 0. The molecule has 0 saturated carbocycles. The topological polar surface area (TPSA) is 103 Å². The van der Waals surface area contributed by atoms with E-state index in [9.17, 15) is 0 Å². The second-order valence-electron chi connectivity index (χ2n) is 8.38. The third-order valence-electron chi connectivity index (χ3n) is 4.54. The average Bonchev–Trinajstić information content (AvgIpc) is 2.80. The molecule has 0 aliphatic rings. The Morgan fingerprint density at radius 1 is 0.625 bits per heavy atom. The third kappa shape index (κ3) is 34.3. The largest absolute Gasteiger partial charge is 0.396 e. The zero-order chi connectivity index (χ0) is 25.0. The number of hydrogen-bond acceptors (Lipinski definition) is 7. The highest BCUT2D eigenvalue weighted by Crippen LogP contribution is 2.01. The van der Waals surface area contributed by atoms with E-state index in [4.69, 9.17) is 29.9 Å². The van der Waals surface area contributed by atoms with Crippen LogP contribution in [-0.4, -0.2) is 96.3 Å². The number of aliphatic hydroxyl groups is 4. The maximum absolute atomic E-state index is 8.92. The second kappa shape index (κ2) is 30.7. The van der Waals surface area contributed by atoms with Gasteiger partial charge in [-0.15, -0.1) is 0 Å². The predicted octanol–water partition coefficient (Wildman–Crippen LogP) is 3.61. The molecule has 3 unspecified atom stereocenters. The van der Waals surface area contributed by atoms with E-state index >= 15 is 0 Å². The van der Waals surface area contributed by atoms with Gasteiger partial charge in [0.1, 0.15) is 0 Å². The van der Waals surface area contributed by atoms with Crippen molar-refractivity contribution in [2.24, 2.45) is 0 Å². The lowest BCUT2D eigenvalue weighted by Crippen LogP contribution is -2.27. The van der Waals surface area contributed by atoms with Crippen molar-refractivity contribution in [3.05, 3.63) is 0 Å². The quantitative estimate of drug-likeness (QED) is 0.215. The van der Waals surface area contributed by atoms with Gasteiger partial charge in [0.05, 0.1) is 38.1 Å². The Balaban J connectivity index is -0.000000422. The van der Waals surface area contributed by atoms with Crippen LogP contribution in [0.1, 0.15) is 92.9 Å². The maximum atomic E-state index is 8.92. The summed E-state index contributed by atoms with van der Waals surface area (Å²) in [5, 5.41) is 33.8. The van der Waals surface area contributed by atoms with Crippen molar-refractivity contribution < 1.29 is 29.9 Å². The first-order valence-corrected chi connectivity index (χ1v) is 12.8. The number of hydrogen-bond donors (Lipinski definition) is 4. The Hall–Kier alpha value is -0.280. The molecule has 198 valence electrons. The van der Waals surface area contributed by atoms with Crippen LogP contribution < -0.4 is 0 Å². The lowest BCUT2D eigenvalue weighted by molar-refractivity contribution is -0.0620. The van der Waals surface area contributed by atoms with Gasteiger partial charge in [-0.1, -0.05) is 40.0 Å². The van der Waals surface area contributed by atoms with E-state index in [2.05, 4.69) is 25.7 Å². The molecule has 4 N–H and O–H groups in total. The highest BCUT2D eigenvalue weighted by molar-refractivity contribution is 4.57. The van der Waals surface area contributed by atoms with Crippen molar-refractivity contribution in [1.82, 2.24) is 4.90 Å². The highest BCUT2D eigenvalue weighted by atomic mass is 16.5. The number of rotatable bonds is 19. The Kier molecular flexibility index (Phi) is 34.8. The van der Waals surface area contributed by atoms with E-state index in [1.807, 2.05) is 6.92 Å². The molecule has 0 bridgehead atoms.